The van der Waals surface area contributed by atoms with Crippen molar-refractivity contribution in [1.82, 2.24) is 10.2 Å². The first-order valence-electron chi connectivity index (χ1n) is 7.28. The molecule has 6 nitrogen and oxygen atoms in total. The smallest absolute Gasteiger partial charge is 0.333 e. The van der Waals surface area contributed by atoms with E-state index in [2.05, 4.69) is 5.32 Å². The Labute approximate surface area is 150 Å². The van der Waals surface area contributed by atoms with E-state index in [1.54, 1.807) is 14.1 Å². The summed E-state index contributed by atoms with van der Waals surface area (Å²) in [5, 5.41) is 12.5. The molecule has 0 aliphatic rings. The molecule has 0 spiro atoms. The van der Waals surface area contributed by atoms with E-state index >= 15 is 0 Å². The number of aliphatic carboxylic acids is 1. The highest BCUT2D eigenvalue weighted by Gasteiger charge is 2.37. The van der Waals surface area contributed by atoms with Gasteiger partial charge in [-0.05, 0) is 31.0 Å². The van der Waals surface area contributed by atoms with Crippen LogP contribution < -0.4 is 5.32 Å². The molecule has 0 bridgehead atoms. The van der Waals surface area contributed by atoms with Gasteiger partial charge < -0.3 is 15.3 Å². The third-order valence-electron chi connectivity index (χ3n) is 3.61. The van der Waals surface area contributed by atoms with Crippen molar-refractivity contribution in [1.29, 1.82) is 0 Å². The van der Waals surface area contributed by atoms with E-state index in [1.165, 1.54) is 30.0 Å². The molecular formula is C16H20Cl2N2O4. The van der Waals surface area contributed by atoms with E-state index in [4.69, 9.17) is 23.2 Å². The molecule has 0 saturated heterocycles. The van der Waals surface area contributed by atoms with Gasteiger partial charge in [0, 0.05) is 26.9 Å². The van der Waals surface area contributed by atoms with Gasteiger partial charge in [-0.15, -0.1) is 0 Å². The van der Waals surface area contributed by atoms with E-state index < -0.39 is 17.4 Å². The Morgan fingerprint density at radius 3 is 2.29 bits per heavy atom. The van der Waals surface area contributed by atoms with Gasteiger partial charge in [0.05, 0.1) is 10.0 Å². The zero-order chi connectivity index (χ0) is 18.5. The number of nitrogens with zero attached hydrogens (tertiary/aromatic N) is 1. The summed E-state index contributed by atoms with van der Waals surface area (Å²) in [6.45, 7) is 1.37. The Kier molecular flexibility index (Phi) is 7.05. The van der Waals surface area contributed by atoms with E-state index in [1.807, 2.05) is 0 Å². The Hall–Kier alpha value is -1.79. The van der Waals surface area contributed by atoms with Crippen LogP contribution in [0.25, 0.3) is 0 Å². The van der Waals surface area contributed by atoms with Gasteiger partial charge in [-0.25, -0.2) is 4.79 Å². The van der Waals surface area contributed by atoms with Gasteiger partial charge in [-0.1, -0.05) is 29.3 Å². The number of hydrogen-bond acceptors (Lipinski definition) is 3. The summed E-state index contributed by atoms with van der Waals surface area (Å²) in [4.78, 5) is 36.7. The van der Waals surface area contributed by atoms with Crippen LogP contribution in [0, 0.1) is 0 Å². The Balaban J connectivity index is 2.81. The molecule has 8 heteroatoms. The molecular weight excluding hydrogens is 355 g/mol. The Bertz CT molecular complexity index is 649. The van der Waals surface area contributed by atoms with Crippen LogP contribution in [0.3, 0.4) is 0 Å². The minimum atomic E-state index is -1.64. The monoisotopic (exact) mass is 374 g/mol. The van der Waals surface area contributed by atoms with Gasteiger partial charge in [-0.2, -0.15) is 0 Å². The van der Waals surface area contributed by atoms with Crippen LogP contribution in [0.5, 0.6) is 0 Å². The van der Waals surface area contributed by atoms with Gasteiger partial charge in [0.1, 0.15) is 0 Å². The number of hydrogen-bond donors (Lipinski definition) is 2. The maximum Gasteiger partial charge on any atom is 0.333 e. The zero-order valence-corrected chi connectivity index (χ0v) is 15.2. The molecule has 1 rings (SSSR count). The summed E-state index contributed by atoms with van der Waals surface area (Å²) in [5.74, 6) is -1.77. The van der Waals surface area contributed by atoms with Crippen LogP contribution in [0.1, 0.15) is 31.7 Å². The number of carbonyl (C=O) groups excluding carboxylic acids is 2. The molecule has 0 heterocycles. The first kappa shape index (κ1) is 20.3. The molecule has 1 atom stereocenters. The molecule has 1 aromatic rings. The summed E-state index contributed by atoms with van der Waals surface area (Å²) in [6.07, 6.45) is 0.598. The molecule has 2 N–H and O–H groups in total. The normalized spacial score (nSPS) is 13.0. The minimum Gasteiger partial charge on any atom is -0.479 e. The third kappa shape index (κ3) is 5.11. The topological polar surface area (TPSA) is 86.7 Å². The SMILES string of the molecule is CN(C)C(=O)CCCC(=O)NC(C)(C(=O)O)c1ccc(Cl)c(Cl)c1. The van der Waals surface area contributed by atoms with Crippen LogP contribution in [-0.2, 0) is 19.9 Å². The van der Waals surface area contributed by atoms with E-state index in [0.717, 1.165) is 0 Å². The molecule has 0 radical (unpaired) electrons. The third-order valence-corrected chi connectivity index (χ3v) is 4.35. The highest BCUT2D eigenvalue weighted by atomic mass is 35.5. The second kappa shape index (κ2) is 8.35. The molecule has 1 aromatic carbocycles. The van der Waals surface area contributed by atoms with Crippen LogP contribution in [0.15, 0.2) is 18.2 Å². The minimum absolute atomic E-state index is 0.0454. The second-order valence-electron chi connectivity index (χ2n) is 5.75. The van der Waals surface area contributed by atoms with Gasteiger partial charge >= 0.3 is 5.97 Å². The molecule has 0 aromatic heterocycles. The maximum atomic E-state index is 12.1. The van der Waals surface area contributed by atoms with Crippen molar-refractivity contribution in [2.45, 2.75) is 31.7 Å². The quantitative estimate of drug-likeness (QED) is 0.767. The highest BCUT2D eigenvalue weighted by molar-refractivity contribution is 6.42. The van der Waals surface area contributed by atoms with Crippen molar-refractivity contribution in [3.63, 3.8) is 0 Å². The van der Waals surface area contributed by atoms with E-state index in [9.17, 15) is 19.5 Å². The molecule has 24 heavy (non-hydrogen) atoms. The fraction of sp³-hybridized carbons (Fsp3) is 0.438. The molecule has 2 amide bonds. The summed E-state index contributed by atoms with van der Waals surface area (Å²) < 4.78 is 0. The van der Waals surface area contributed by atoms with Crippen molar-refractivity contribution in [2.75, 3.05) is 14.1 Å². The first-order chi connectivity index (χ1) is 11.1. The lowest BCUT2D eigenvalue weighted by molar-refractivity contribution is -0.147. The van der Waals surface area contributed by atoms with Crippen LogP contribution in [-0.4, -0.2) is 41.9 Å². The second-order valence-corrected chi connectivity index (χ2v) is 6.56. The van der Waals surface area contributed by atoms with Gasteiger partial charge in [-0.3, -0.25) is 9.59 Å². The molecule has 0 fully saturated rings. The lowest BCUT2D eigenvalue weighted by Gasteiger charge is -2.27. The van der Waals surface area contributed by atoms with E-state index in [0.29, 0.717) is 17.0 Å². The molecule has 0 aliphatic heterocycles. The average Bonchev–Trinajstić information content (AvgIpc) is 2.49. The van der Waals surface area contributed by atoms with Crippen molar-refractivity contribution in [3.8, 4) is 0 Å². The van der Waals surface area contributed by atoms with Crippen molar-refractivity contribution < 1.29 is 19.5 Å². The number of rotatable bonds is 7. The number of amides is 2. The van der Waals surface area contributed by atoms with E-state index in [-0.39, 0.29) is 23.8 Å². The Morgan fingerprint density at radius 2 is 1.79 bits per heavy atom. The van der Waals surface area contributed by atoms with Crippen molar-refractivity contribution >= 4 is 41.0 Å². The summed E-state index contributed by atoms with van der Waals surface area (Å²) in [7, 11) is 3.27. The number of nitrogens with one attached hydrogen (secondary N) is 1. The van der Waals surface area contributed by atoms with Gasteiger partial charge in [0.2, 0.25) is 11.8 Å². The lowest BCUT2D eigenvalue weighted by atomic mass is 9.91. The lowest BCUT2D eigenvalue weighted by Crippen LogP contribution is -2.49. The predicted octanol–water partition coefficient (Wildman–Crippen LogP) is 2.67. The maximum absolute atomic E-state index is 12.1. The van der Waals surface area contributed by atoms with Gasteiger partial charge in [0.15, 0.2) is 5.54 Å². The fourth-order valence-corrected chi connectivity index (χ4v) is 2.32. The number of benzene rings is 1. The van der Waals surface area contributed by atoms with Crippen LogP contribution in [0.4, 0.5) is 0 Å². The molecule has 0 aliphatic carbocycles. The summed E-state index contributed by atoms with van der Waals surface area (Å²) in [5.41, 5.74) is -1.33. The van der Waals surface area contributed by atoms with Crippen LogP contribution >= 0.6 is 23.2 Å². The van der Waals surface area contributed by atoms with Crippen molar-refractivity contribution in [3.05, 3.63) is 33.8 Å². The van der Waals surface area contributed by atoms with Crippen molar-refractivity contribution in [2.24, 2.45) is 0 Å². The fourth-order valence-electron chi connectivity index (χ4n) is 2.02. The molecule has 132 valence electrons. The average molecular weight is 375 g/mol. The number of carboxylic acid groups (broad SMARTS) is 1. The number of halogens is 2. The number of carboxylic acids is 1. The molecule has 0 saturated carbocycles. The van der Waals surface area contributed by atoms with Crippen LogP contribution in [0.2, 0.25) is 10.0 Å². The Morgan fingerprint density at radius 1 is 1.17 bits per heavy atom. The standard InChI is InChI=1S/C16H20Cl2N2O4/c1-16(15(23)24,10-7-8-11(17)12(18)9-10)19-13(21)5-4-6-14(22)20(2)3/h7-9H,4-6H2,1-3H3,(H,19,21)(H,23,24). The largest absolute Gasteiger partial charge is 0.479 e. The summed E-state index contributed by atoms with van der Waals surface area (Å²) in [6, 6.07) is 4.38. The zero-order valence-electron chi connectivity index (χ0n) is 13.7. The van der Waals surface area contributed by atoms with Gasteiger partial charge in [0.25, 0.3) is 0 Å². The first-order valence-corrected chi connectivity index (χ1v) is 8.03. The predicted molar refractivity (Wildman–Crippen MR) is 92.1 cm³/mol. The highest BCUT2D eigenvalue weighted by Crippen LogP contribution is 2.29. The summed E-state index contributed by atoms with van der Waals surface area (Å²) >= 11 is 11.8. The number of carbonyl (C=O) groups is 3. The molecule has 1 unspecified atom stereocenters.